The highest BCUT2D eigenvalue weighted by molar-refractivity contribution is 5.95. The zero-order valence-corrected chi connectivity index (χ0v) is 26.7. The molecule has 252 valence electrons. The smallest absolute Gasteiger partial charge is 0.187 e. The lowest BCUT2D eigenvalue weighted by Gasteiger charge is -2.60. The van der Waals surface area contributed by atoms with Crippen molar-refractivity contribution in [1.29, 1.82) is 0 Å². The molecule has 11 nitrogen and oxygen atoms in total. The van der Waals surface area contributed by atoms with Crippen molar-refractivity contribution in [2.45, 2.75) is 146 Å². The molecule has 5 aliphatic rings. The lowest BCUT2D eigenvalue weighted by molar-refractivity contribution is -0.324. The van der Waals surface area contributed by atoms with Gasteiger partial charge in [-0.15, -0.1) is 0 Å². The van der Waals surface area contributed by atoms with Crippen molar-refractivity contribution >= 4 is 5.78 Å². The van der Waals surface area contributed by atoms with Gasteiger partial charge in [0.25, 0.3) is 0 Å². The lowest BCUT2D eigenvalue weighted by atomic mass is 9.46. The van der Waals surface area contributed by atoms with Crippen molar-refractivity contribution in [1.82, 2.24) is 0 Å². The van der Waals surface area contributed by atoms with Crippen molar-refractivity contribution in [3.8, 4) is 0 Å². The number of allylic oxidation sites excluding steroid dienone is 1. The second-order valence-electron chi connectivity index (χ2n) is 15.7. The van der Waals surface area contributed by atoms with Gasteiger partial charge < -0.3 is 50.3 Å². The maximum absolute atomic E-state index is 13.4. The predicted octanol–water partition coefficient (Wildman–Crippen LogP) is 0.563. The fraction of sp³-hybridized carbons (Fsp3) is 0.909. The second-order valence-corrected chi connectivity index (χ2v) is 15.7. The van der Waals surface area contributed by atoms with Gasteiger partial charge in [0.2, 0.25) is 0 Å². The Balaban J connectivity index is 1.27. The molecule has 0 amide bonds. The highest BCUT2D eigenvalue weighted by atomic mass is 16.7. The quantitative estimate of drug-likeness (QED) is 0.187. The first-order chi connectivity index (χ1) is 20.4. The molecule has 0 aromatic rings. The standard InChI is InChI=1S/C33H54O11/c1-16(21(35)8-9-30(2,3)44-29-28(41)27(40)26(39)25(15-34)43-29)17-7-11-33(42)19-12-22(36)20-13-23(37)24(38)14-31(20,4)18(19)6-10-32(17,33)5/h12,16-18,20-21,23-29,34-35,37-42H,6-11,13-15H2,1-5H3/t16-,17+,18-,20-,21+,23+,24-,25+,26+,27-,28+,29?,31+,32+,33+/m0/s1. The van der Waals surface area contributed by atoms with Crippen molar-refractivity contribution in [3.63, 3.8) is 0 Å². The largest absolute Gasteiger partial charge is 0.394 e. The van der Waals surface area contributed by atoms with Crippen molar-refractivity contribution in [2.24, 2.45) is 34.5 Å². The Labute approximate surface area is 259 Å². The summed E-state index contributed by atoms with van der Waals surface area (Å²) in [6.45, 7) is 9.12. The van der Waals surface area contributed by atoms with Gasteiger partial charge in [0.05, 0.1) is 36.1 Å². The lowest BCUT2D eigenvalue weighted by Crippen LogP contribution is -2.61. The van der Waals surface area contributed by atoms with E-state index in [1.807, 2.05) is 13.8 Å². The summed E-state index contributed by atoms with van der Waals surface area (Å²) in [5, 5.41) is 84.8. The minimum atomic E-state index is -1.54. The number of hydrogen-bond acceptors (Lipinski definition) is 11. The number of aliphatic hydroxyl groups excluding tert-OH is 7. The second kappa shape index (κ2) is 11.9. The van der Waals surface area contributed by atoms with Gasteiger partial charge in [-0.1, -0.05) is 20.8 Å². The molecule has 0 bridgehead atoms. The molecule has 8 N–H and O–H groups in total. The van der Waals surface area contributed by atoms with Crippen molar-refractivity contribution < 1.29 is 55.1 Å². The van der Waals surface area contributed by atoms with Gasteiger partial charge in [-0.3, -0.25) is 4.79 Å². The molecule has 4 aliphatic carbocycles. The van der Waals surface area contributed by atoms with E-state index in [-0.39, 0.29) is 35.9 Å². The van der Waals surface area contributed by atoms with E-state index in [4.69, 9.17) is 9.47 Å². The normalized spacial score (nSPS) is 49.0. The van der Waals surface area contributed by atoms with Gasteiger partial charge in [0, 0.05) is 11.3 Å². The molecule has 1 saturated heterocycles. The summed E-state index contributed by atoms with van der Waals surface area (Å²) in [5.41, 5.74) is -2.42. The van der Waals surface area contributed by atoms with E-state index in [1.165, 1.54) is 0 Å². The first-order valence-electron chi connectivity index (χ1n) is 16.4. The number of carbonyl (C=O) groups excluding carboxylic acids is 1. The summed E-state index contributed by atoms with van der Waals surface area (Å²) in [7, 11) is 0. The number of aliphatic hydroxyl groups is 8. The molecule has 0 spiro atoms. The van der Waals surface area contributed by atoms with Gasteiger partial charge >= 0.3 is 0 Å². The SMILES string of the molecule is C[C@H]([C@H](O)CCC(C)(C)OC1O[C@H](CO)[C@@H](O)[C@H](O)[C@H]1O)[C@H]1CC[C@@]2(O)C3=CC(=O)[C@@H]4C[C@@H](O)[C@@H](O)C[C@]4(C)[C@H]3CC[C@]12C. The zero-order valence-electron chi connectivity index (χ0n) is 26.7. The van der Waals surface area contributed by atoms with Crippen molar-refractivity contribution in [3.05, 3.63) is 11.6 Å². The van der Waals surface area contributed by atoms with Crippen LogP contribution in [0.15, 0.2) is 11.6 Å². The van der Waals surface area contributed by atoms with Gasteiger partial charge in [-0.05, 0) is 100 Å². The fourth-order valence-electron chi connectivity index (χ4n) is 9.82. The summed E-state index contributed by atoms with van der Waals surface area (Å²) < 4.78 is 11.5. The number of ether oxygens (including phenoxy) is 2. The average Bonchev–Trinajstić information content (AvgIpc) is 3.24. The molecule has 1 aliphatic heterocycles. The zero-order chi connectivity index (χ0) is 32.6. The van der Waals surface area contributed by atoms with Crippen LogP contribution in [-0.4, -0.2) is 113 Å². The van der Waals surface area contributed by atoms with E-state index in [2.05, 4.69) is 6.92 Å². The van der Waals surface area contributed by atoms with E-state index in [1.54, 1.807) is 19.9 Å². The molecule has 1 unspecified atom stereocenters. The Bertz CT molecular complexity index is 1110. The minimum Gasteiger partial charge on any atom is -0.394 e. The summed E-state index contributed by atoms with van der Waals surface area (Å²) >= 11 is 0. The van der Waals surface area contributed by atoms with Crippen LogP contribution >= 0.6 is 0 Å². The molecule has 44 heavy (non-hydrogen) atoms. The van der Waals surface area contributed by atoms with Crippen molar-refractivity contribution in [2.75, 3.05) is 6.61 Å². The van der Waals surface area contributed by atoms with Crippen LogP contribution in [0, 0.1) is 34.5 Å². The predicted molar refractivity (Wildman–Crippen MR) is 158 cm³/mol. The van der Waals surface area contributed by atoms with Crippen LogP contribution in [0.5, 0.6) is 0 Å². The Hall–Kier alpha value is -0.990. The van der Waals surface area contributed by atoms with Crippen LogP contribution in [0.3, 0.4) is 0 Å². The number of ketones is 1. The number of rotatable bonds is 8. The Morgan fingerprint density at radius 3 is 2.36 bits per heavy atom. The van der Waals surface area contributed by atoms with Crippen LogP contribution < -0.4 is 0 Å². The van der Waals surface area contributed by atoms with E-state index in [0.29, 0.717) is 38.5 Å². The molecular weight excluding hydrogens is 572 g/mol. The Morgan fingerprint density at radius 2 is 1.70 bits per heavy atom. The van der Waals surface area contributed by atoms with E-state index < -0.39 is 77.7 Å². The van der Waals surface area contributed by atoms with E-state index in [9.17, 15) is 45.6 Å². The van der Waals surface area contributed by atoms with Crippen LogP contribution in [0.4, 0.5) is 0 Å². The highest BCUT2D eigenvalue weighted by Gasteiger charge is 2.67. The van der Waals surface area contributed by atoms with E-state index >= 15 is 0 Å². The molecule has 3 saturated carbocycles. The summed E-state index contributed by atoms with van der Waals surface area (Å²) in [6.07, 6.45) is -3.83. The molecule has 0 radical (unpaired) electrons. The third-order valence-corrected chi connectivity index (χ3v) is 12.8. The monoisotopic (exact) mass is 626 g/mol. The molecule has 15 atom stereocenters. The summed E-state index contributed by atoms with van der Waals surface area (Å²) in [4.78, 5) is 13.4. The van der Waals surface area contributed by atoms with Crippen LogP contribution in [0.2, 0.25) is 0 Å². The Morgan fingerprint density at radius 1 is 1.02 bits per heavy atom. The molecule has 0 aromatic heterocycles. The number of hydrogen-bond donors (Lipinski definition) is 8. The molecule has 5 rings (SSSR count). The summed E-state index contributed by atoms with van der Waals surface area (Å²) in [5.74, 6) is -0.721. The topological polar surface area (TPSA) is 197 Å². The third kappa shape index (κ3) is 5.42. The van der Waals surface area contributed by atoms with Gasteiger partial charge in [0.15, 0.2) is 12.1 Å². The number of fused-ring (bicyclic) bond motifs is 5. The minimum absolute atomic E-state index is 0.0155. The first kappa shape index (κ1) is 34.3. The molecule has 1 heterocycles. The van der Waals surface area contributed by atoms with Gasteiger partial charge in [0.1, 0.15) is 24.4 Å². The first-order valence-corrected chi connectivity index (χ1v) is 16.4. The fourth-order valence-corrected chi connectivity index (χ4v) is 9.82. The third-order valence-electron chi connectivity index (χ3n) is 12.8. The van der Waals surface area contributed by atoms with Gasteiger partial charge in [-0.25, -0.2) is 0 Å². The Kier molecular flexibility index (Phi) is 9.30. The maximum atomic E-state index is 13.4. The van der Waals surface area contributed by atoms with Crippen LogP contribution in [0.1, 0.15) is 86.0 Å². The number of carbonyl (C=O) groups is 1. The molecule has 4 fully saturated rings. The highest BCUT2D eigenvalue weighted by Crippen LogP contribution is 2.68. The van der Waals surface area contributed by atoms with Crippen LogP contribution in [-0.2, 0) is 14.3 Å². The maximum Gasteiger partial charge on any atom is 0.187 e. The molecule has 0 aromatic carbocycles. The summed E-state index contributed by atoms with van der Waals surface area (Å²) in [6, 6.07) is 0. The molecular formula is C33H54O11. The molecule has 11 heteroatoms. The van der Waals surface area contributed by atoms with Gasteiger partial charge in [-0.2, -0.15) is 0 Å². The van der Waals surface area contributed by atoms with E-state index in [0.717, 1.165) is 12.0 Å². The average molecular weight is 627 g/mol. The van der Waals surface area contributed by atoms with Crippen LogP contribution in [0.25, 0.3) is 0 Å².